The van der Waals surface area contributed by atoms with Gasteiger partial charge in [0.25, 0.3) is 0 Å². The van der Waals surface area contributed by atoms with E-state index < -0.39 is 0 Å². The molecule has 0 heterocycles. The fourth-order valence-electron chi connectivity index (χ4n) is 1.77. The largest absolute Gasteiger partial charge is 0.457 e. The summed E-state index contributed by atoms with van der Waals surface area (Å²) < 4.78 is 5.85. The van der Waals surface area contributed by atoms with Crippen molar-refractivity contribution in [3.63, 3.8) is 0 Å². The van der Waals surface area contributed by atoms with E-state index in [1.807, 2.05) is 44.2 Å². The molecule has 0 atom stereocenters. The lowest BCUT2D eigenvalue weighted by molar-refractivity contribution is 0.281. The van der Waals surface area contributed by atoms with Gasteiger partial charge in [0, 0.05) is 5.02 Å². The maximum atomic E-state index is 9.06. The molecule has 3 heteroatoms. The van der Waals surface area contributed by atoms with Gasteiger partial charge in [-0.2, -0.15) is 0 Å². The predicted octanol–water partition coefficient (Wildman–Crippen LogP) is 4.24. The Morgan fingerprint density at radius 2 is 1.61 bits per heavy atom. The third-order valence-electron chi connectivity index (χ3n) is 2.78. The number of aliphatic hydroxyl groups is 1. The van der Waals surface area contributed by atoms with Gasteiger partial charge in [-0.25, -0.2) is 0 Å². The van der Waals surface area contributed by atoms with E-state index in [0.717, 1.165) is 28.2 Å². The molecule has 0 amide bonds. The molecular formula is C15H15ClO2. The number of hydrogen-bond acceptors (Lipinski definition) is 2. The summed E-state index contributed by atoms with van der Waals surface area (Å²) in [5.41, 5.74) is 2.87. The van der Waals surface area contributed by atoms with Crippen molar-refractivity contribution >= 4 is 11.6 Å². The molecule has 0 bridgehead atoms. The fourth-order valence-corrected chi connectivity index (χ4v) is 2.00. The standard InChI is InChI=1S/C15H15ClO2/c1-10-7-12(9-17)3-5-14(10)18-15-6-4-13(16)8-11(15)2/h3-8,17H,9H2,1-2H3. The first-order valence-electron chi connectivity index (χ1n) is 5.74. The molecule has 0 saturated carbocycles. The van der Waals surface area contributed by atoms with E-state index in [0.29, 0.717) is 5.02 Å². The lowest BCUT2D eigenvalue weighted by atomic mass is 10.1. The summed E-state index contributed by atoms with van der Waals surface area (Å²) >= 11 is 5.91. The number of hydrogen-bond donors (Lipinski definition) is 1. The van der Waals surface area contributed by atoms with Crippen LogP contribution in [0.3, 0.4) is 0 Å². The SMILES string of the molecule is Cc1cc(Cl)ccc1Oc1ccc(CO)cc1C. The monoisotopic (exact) mass is 262 g/mol. The second-order valence-corrected chi connectivity index (χ2v) is 4.71. The van der Waals surface area contributed by atoms with E-state index in [4.69, 9.17) is 21.4 Å². The highest BCUT2D eigenvalue weighted by Gasteiger charge is 2.05. The van der Waals surface area contributed by atoms with Gasteiger partial charge in [0.15, 0.2) is 0 Å². The summed E-state index contributed by atoms with van der Waals surface area (Å²) in [6.07, 6.45) is 0. The van der Waals surface area contributed by atoms with Crippen LogP contribution in [0.5, 0.6) is 11.5 Å². The van der Waals surface area contributed by atoms with Gasteiger partial charge in [0.2, 0.25) is 0 Å². The minimum Gasteiger partial charge on any atom is -0.457 e. The van der Waals surface area contributed by atoms with Crippen molar-refractivity contribution in [1.29, 1.82) is 0 Å². The smallest absolute Gasteiger partial charge is 0.130 e. The lowest BCUT2D eigenvalue weighted by Gasteiger charge is -2.12. The minimum atomic E-state index is 0.0428. The second kappa shape index (κ2) is 5.42. The third-order valence-corrected chi connectivity index (χ3v) is 3.01. The van der Waals surface area contributed by atoms with Crippen LogP contribution in [0.4, 0.5) is 0 Å². The molecule has 0 spiro atoms. The molecule has 0 fully saturated rings. The highest BCUT2D eigenvalue weighted by molar-refractivity contribution is 6.30. The number of halogens is 1. The molecule has 94 valence electrons. The van der Waals surface area contributed by atoms with Crippen molar-refractivity contribution in [1.82, 2.24) is 0 Å². The first kappa shape index (κ1) is 12.9. The second-order valence-electron chi connectivity index (χ2n) is 4.27. The number of aliphatic hydroxyl groups excluding tert-OH is 1. The molecule has 0 aliphatic carbocycles. The topological polar surface area (TPSA) is 29.5 Å². The number of ether oxygens (including phenoxy) is 1. The molecule has 18 heavy (non-hydrogen) atoms. The first-order valence-corrected chi connectivity index (χ1v) is 6.12. The van der Waals surface area contributed by atoms with E-state index in [-0.39, 0.29) is 6.61 Å². The summed E-state index contributed by atoms with van der Waals surface area (Å²) in [6, 6.07) is 11.2. The summed E-state index contributed by atoms with van der Waals surface area (Å²) in [5.74, 6) is 1.58. The average Bonchev–Trinajstić information content (AvgIpc) is 2.34. The van der Waals surface area contributed by atoms with Gasteiger partial charge in [-0.15, -0.1) is 0 Å². The molecule has 2 aromatic rings. The van der Waals surface area contributed by atoms with Crippen LogP contribution >= 0.6 is 11.6 Å². The number of benzene rings is 2. The molecule has 0 aliphatic heterocycles. The van der Waals surface area contributed by atoms with Crippen molar-refractivity contribution in [2.24, 2.45) is 0 Å². The van der Waals surface area contributed by atoms with E-state index in [1.165, 1.54) is 0 Å². The van der Waals surface area contributed by atoms with E-state index in [2.05, 4.69) is 0 Å². The van der Waals surface area contributed by atoms with E-state index in [9.17, 15) is 0 Å². The highest BCUT2D eigenvalue weighted by Crippen LogP contribution is 2.29. The van der Waals surface area contributed by atoms with Crippen molar-refractivity contribution in [2.75, 3.05) is 0 Å². The van der Waals surface area contributed by atoms with Gasteiger partial charge < -0.3 is 9.84 Å². The van der Waals surface area contributed by atoms with Crippen molar-refractivity contribution in [3.8, 4) is 11.5 Å². The Balaban J connectivity index is 2.28. The molecular weight excluding hydrogens is 248 g/mol. The van der Waals surface area contributed by atoms with Gasteiger partial charge in [0.05, 0.1) is 6.61 Å². The Morgan fingerprint density at radius 1 is 1.00 bits per heavy atom. The van der Waals surface area contributed by atoms with E-state index >= 15 is 0 Å². The zero-order valence-corrected chi connectivity index (χ0v) is 11.2. The summed E-state index contributed by atoms with van der Waals surface area (Å²) in [5, 5.41) is 9.76. The maximum absolute atomic E-state index is 9.06. The van der Waals surface area contributed by atoms with Gasteiger partial charge in [0.1, 0.15) is 11.5 Å². The van der Waals surface area contributed by atoms with Crippen LogP contribution in [0, 0.1) is 13.8 Å². The summed E-state index contributed by atoms with van der Waals surface area (Å²) in [6.45, 7) is 3.96. The first-order chi connectivity index (χ1) is 8.60. The molecule has 0 aliphatic rings. The molecule has 0 aromatic heterocycles. The Hall–Kier alpha value is -1.51. The zero-order chi connectivity index (χ0) is 13.1. The highest BCUT2D eigenvalue weighted by atomic mass is 35.5. The lowest BCUT2D eigenvalue weighted by Crippen LogP contribution is -1.92. The molecule has 0 saturated heterocycles. The molecule has 2 nitrogen and oxygen atoms in total. The Kier molecular flexibility index (Phi) is 3.90. The molecule has 2 rings (SSSR count). The van der Waals surface area contributed by atoms with Crippen LogP contribution in [-0.4, -0.2) is 5.11 Å². The third kappa shape index (κ3) is 2.84. The molecule has 1 N–H and O–H groups in total. The zero-order valence-electron chi connectivity index (χ0n) is 10.4. The Bertz CT molecular complexity index is 564. The van der Waals surface area contributed by atoms with Crippen LogP contribution in [0.25, 0.3) is 0 Å². The van der Waals surface area contributed by atoms with Gasteiger partial charge in [-0.1, -0.05) is 23.7 Å². The van der Waals surface area contributed by atoms with Gasteiger partial charge in [-0.3, -0.25) is 0 Å². The predicted molar refractivity (Wildman–Crippen MR) is 73.4 cm³/mol. The average molecular weight is 263 g/mol. The van der Waals surface area contributed by atoms with Crippen molar-refractivity contribution in [3.05, 3.63) is 58.1 Å². The maximum Gasteiger partial charge on any atom is 0.130 e. The Morgan fingerprint density at radius 3 is 2.17 bits per heavy atom. The van der Waals surface area contributed by atoms with Crippen LogP contribution in [0.1, 0.15) is 16.7 Å². The molecule has 0 radical (unpaired) electrons. The summed E-state index contributed by atoms with van der Waals surface area (Å²) in [7, 11) is 0. The van der Waals surface area contributed by atoms with Crippen molar-refractivity contribution < 1.29 is 9.84 Å². The van der Waals surface area contributed by atoms with Gasteiger partial charge in [-0.05, 0) is 54.8 Å². The van der Waals surface area contributed by atoms with Crippen molar-refractivity contribution in [2.45, 2.75) is 20.5 Å². The minimum absolute atomic E-state index is 0.0428. The van der Waals surface area contributed by atoms with Crippen LogP contribution in [-0.2, 0) is 6.61 Å². The van der Waals surface area contributed by atoms with E-state index in [1.54, 1.807) is 6.07 Å². The number of aryl methyl sites for hydroxylation is 2. The molecule has 2 aromatic carbocycles. The van der Waals surface area contributed by atoms with Gasteiger partial charge >= 0.3 is 0 Å². The van der Waals surface area contributed by atoms with Crippen LogP contribution in [0.15, 0.2) is 36.4 Å². The fraction of sp³-hybridized carbons (Fsp3) is 0.200. The van der Waals surface area contributed by atoms with Crippen LogP contribution in [0.2, 0.25) is 5.02 Å². The number of rotatable bonds is 3. The Labute approximate surface area is 112 Å². The molecule has 0 unspecified atom stereocenters. The normalized spacial score (nSPS) is 10.4. The summed E-state index contributed by atoms with van der Waals surface area (Å²) in [4.78, 5) is 0. The quantitative estimate of drug-likeness (QED) is 0.896. The van der Waals surface area contributed by atoms with Crippen LogP contribution < -0.4 is 4.74 Å².